The number of carbonyl (C=O) groups is 2. The first kappa shape index (κ1) is 39.3. The number of morpholine rings is 1. The van der Waals surface area contributed by atoms with E-state index >= 15 is 0 Å². The van der Waals surface area contributed by atoms with Gasteiger partial charge in [-0.3, -0.25) is 9.69 Å². The van der Waals surface area contributed by atoms with Crippen molar-refractivity contribution in [2.24, 2.45) is 0 Å². The van der Waals surface area contributed by atoms with E-state index in [1.165, 1.54) is 17.3 Å². The molecule has 2 aliphatic rings. The molecule has 11 nitrogen and oxygen atoms in total. The molecule has 1 fully saturated rings. The third kappa shape index (κ3) is 9.38. The summed E-state index contributed by atoms with van der Waals surface area (Å²) in [6.45, 7) is 2.30. The number of aliphatic carboxylic acids is 1. The number of aromatic nitrogens is 3. The van der Waals surface area contributed by atoms with E-state index < -0.39 is 77.3 Å². The van der Waals surface area contributed by atoms with Gasteiger partial charge in [0.2, 0.25) is 5.95 Å². The molecule has 2 aliphatic heterocycles. The summed E-state index contributed by atoms with van der Waals surface area (Å²) in [5.41, 5.74) is -5.13. The maximum atomic E-state index is 14.1. The van der Waals surface area contributed by atoms with Crippen molar-refractivity contribution in [2.75, 3.05) is 47.6 Å². The first-order valence-corrected chi connectivity index (χ1v) is 16.3. The number of anilines is 3. The van der Waals surface area contributed by atoms with E-state index in [2.05, 4.69) is 15.0 Å². The Morgan fingerprint density at radius 1 is 0.943 bits per heavy atom. The molecule has 4 heterocycles. The number of halogens is 9. The number of carboxylic acids is 1. The van der Waals surface area contributed by atoms with E-state index in [1.54, 1.807) is 6.92 Å². The van der Waals surface area contributed by atoms with Crippen molar-refractivity contribution in [1.29, 1.82) is 0 Å². The number of benzene rings is 1. The van der Waals surface area contributed by atoms with Crippen LogP contribution in [0.2, 0.25) is 0 Å². The highest BCUT2D eigenvalue weighted by Crippen LogP contribution is 2.45. The average Bonchev–Trinajstić information content (AvgIpc) is 3.10. The molecule has 0 spiro atoms. The van der Waals surface area contributed by atoms with Gasteiger partial charge in [0.1, 0.15) is 5.69 Å². The van der Waals surface area contributed by atoms with Crippen LogP contribution in [-0.4, -0.2) is 71.1 Å². The summed E-state index contributed by atoms with van der Waals surface area (Å²) >= 11 is 0. The maximum Gasteiger partial charge on any atom is 0.433 e. The number of rotatable bonds is 10. The Balaban J connectivity index is 1.65. The fourth-order valence-corrected chi connectivity index (χ4v) is 6.14. The Morgan fingerprint density at radius 3 is 2.11 bits per heavy atom. The lowest BCUT2D eigenvalue weighted by Crippen LogP contribution is -2.48. The average molecular weight is 765 g/mol. The normalized spacial score (nSPS) is 18.1. The first-order valence-electron chi connectivity index (χ1n) is 16.3. The highest BCUT2D eigenvalue weighted by molar-refractivity contribution is 5.90. The molecule has 1 aromatic carbocycles. The number of nitrogens with zero attached hydrogens (tertiary/aromatic N) is 6. The zero-order chi connectivity index (χ0) is 38.7. The van der Waals surface area contributed by atoms with Crippen LogP contribution >= 0.6 is 0 Å². The minimum atomic E-state index is -5.18. The van der Waals surface area contributed by atoms with Crippen molar-refractivity contribution in [3.05, 3.63) is 70.8 Å². The summed E-state index contributed by atoms with van der Waals surface area (Å²) in [5, 5.41) is 8.92. The number of pyridine rings is 1. The lowest BCUT2D eigenvalue weighted by molar-refractivity contribution is -0.143. The molecule has 5 rings (SSSR count). The van der Waals surface area contributed by atoms with Crippen LogP contribution in [0.4, 0.5) is 61.6 Å². The monoisotopic (exact) mass is 764 g/mol. The molecular weight excluding hydrogens is 731 g/mol. The summed E-state index contributed by atoms with van der Waals surface area (Å²) < 4.78 is 136. The zero-order valence-corrected chi connectivity index (χ0v) is 27.9. The van der Waals surface area contributed by atoms with Gasteiger partial charge < -0.3 is 24.4 Å². The van der Waals surface area contributed by atoms with Crippen LogP contribution in [0.1, 0.15) is 66.7 Å². The Labute approximate surface area is 296 Å². The van der Waals surface area contributed by atoms with Gasteiger partial charge in [-0.25, -0.2) is 19.7 Å². The van der Waals surface area contributed by atoms with Crippen molar-refractivity contribution >= 4 is 29.4 Å². The van der Waals surface area contributed by atoms with E-state index in [-0.39, 0.29) is 50.0 Å². The van der Waals surface area contributed by atoms with Gasteiger partial charge in [-0.1, -0.05) is 6.92 Å². The molecule has 0 aliphatic carbocycles. The van der Waals surface area contributed by atoms with Crippen LogP contribution < -0.4 is 14.7 Å². The van der Waals surface area contributed by atoms with E-state index in [0.29, 0.717) is 50.2 Å². The van der Waals surface area contributed by atoms with Gasteiger partial charge in [0.15, 0.2) is 0 Å². The van der Waals surface area contributed by atoms with Crippen LogP contribution in [-0.2, 0) is 39.3 Å². The number of alkyl halides is 9. The van der Waals surface area contributed by atoms with Crippen LogP contribution in [0, 0.1) is 0 Å². The van der Waals surface area contributed by atoms with E-state index in [9.17, 15) is 49.1 Å². The number of carboxylic acid groups (broad SMARTS) is 1. The predicted octanol–water partition coefficient (Wildman–Crippen LogP) is 7.50. The van der Waals surface area contributed by atoms with Crippen LogP contribution in [0.15, 0.2) is 42.7 Å². The Morgan fingerprint density at radius 2 is 1.57 bits per heavy atom. The van der Waals surface area contributed by atoms with Crippen molar-refractivity contribution in [2.45, 2.75) is 69.8 Å². The van der Waals surface area contributed by atoms with Gasteiger partial charge >= 0.3 is 30.6 Å². The summed E-state index contributed by atoms with van der Waals surface area (Å²) in [5.74, 6) is -1.39. The van der Waals surface area contributed by atoms with Gasteiger partial charge in [-0.2, -0.15) is 39.5 Å². The molecule has 1 N–H and O–H groups in total. The second-order valence-corrected chi connectivity index (χ2v) is 12.3. The minimum absolute atomic E-state index is 0.0401. The van der Waals surface area contributed by atoms with Crippen molar-refractivity contribution in [3.63, 3.8) is 0 Å². The van der Waals surface area contributed by atoms with Gasteiger partial charge in [0.25, 0.3) is 0 Å². The largest absolute Gasteiger partial charge is 0.481 e. The van der Waals surface area contributed by atoms with Crippen molar-refractivity contribution in [3.8, 4) is 0 Å². The van der Waals surface area contributed by atoms with Gasteiger partial charge in [0.05, 0.1) is 66.5 Å². The van der Waals surface area contributed by atoms with Crippen LogP contribution in [0.3, 0.4) is 0 Å². The molecule has 1 amide bonds. The van der Waals surface area contributed by atoms with Gasteiger partial charge in [-0.15, -0.1) is 0 Å². The Bertz CT molecular complexity index is 1730. The fourth-order valence-electron chi connectivity index (χ4n) is 6.14. The maximum absolute atomic E-state index is 14.1. The molecule has 3 aromatic rings. The summed E-state index contributed by atoms with van der Waals surface area (Å²) in [7, 11) is 0. The third-order valence-corrected chi connectivity index (χ3v) is 8.69. The van der Waals surface area contributed by atoms with Crippen LogP contribution in [0.25, 0.3) is 0 Å². The summed E-state index contributed by atoms with van der Waals surface area (Å²) in [4.78, 5) is 41.0. The quantitative estimate of drug-likeness (QED) is 0.164. The standard InChI is InChI=1S/C33H33F9N6O5/c1-2-22-15-25(28-24(5-6-26(45-28)33(40,41)42)48(22)30(51)53-9-3-4-27(49)50)47(29-43-16-23(17-44-29)46-7-10-52-11-8-46)18-19-12-20(31(34,35)36)14-21(13-19)32(37,38)39/h5-6,12-14,16-17,22,25H,2-4,7-11,15,18H2,1H3,(H,49,50)/t22-,25?/m1/s1. The summed E-state index contributed by atoms with van der Waals surface area (Å²) in [6.07, 6.45) is -14.1. The third-order valence-electron chi connectivity index (χ3n) is 8.69. The number of amides is 1. The highest BCUT2D eigenvalue weighted by Gasteiger charge is 2.44. The highest BCUT2D eigenvalue weighted by atomic mass is 19.4. The predicted molar refractivity (Wildman–Crippen MR) is 169 cm³/mol. The molecule has 1 saturated heterocycles. The van der Waals surface area contributed by atoms with E-state index in [0.717, 1.165) is 11.0 Å². The molecule has 0 bridgehead atoms. The second-order valence-electron chi connectivity index (χ2n) is 12.3. The van der Waals surface area contributed by atoms with Crippen LogP contribution in [0.5, 0.6) is 0 Å². The molecule has 53 heavy (non-hydrogen) atoms. The second kappa shape index (κ2) is 15.6. The molecule has 288 valence electrons. The molecule has 2 atom stereocenters. The number of hydrogen-bond donors (Lipinski definition) is 1. The minimum Gasteiger partial charge on any atom is -0.481 e. The van der Waals surface area contributed by atoms with Crippen molar-refractivity contribution < 1.29 is 63.7 Å². The lowest BCUT2D eigenvalue weighted by atomic mass is 9.91. The van der Waals surface area contributed by atoms with Gasteiger partial charge in [0, 0.05) is 32.1 Å². The van der Waals surface area contributed by atoms with Gasteiger partial charge in [-0.05, 0) is 55.2 Å². The van der Waals surface area contributed by atoms with E-state index in [1.807, 2.05) is 4.90 Å². The smallest absolute Gasteiger partial charge is 0.433 e. The Kier molecular flexibility index (Phi) is 11.6. The molecule has 2 aromatic heterocycles. The van der Waals surface area contributed by atoms with Crippen molar-refractivity contribution in [1.82, 2.24) is 15.0 Å². The topological polar surface area (TPSA) is 121 Å². The van der Waals surface area contributed by atoms with E-state index in [4.69, 9.17) is 14.6 Å². The Hall–Kier alpha value is -4.88. The molecular formula is C33H33F9N6O5. The molecule has 0 saturated carbocycles. The SMILES string of the molecule is CC[C@@H]1CC(N(Cc2cc(C(F)(F)F)cc(C(F)(F)F)c2)c2ncc(N3CCOCC3)cn2)c2nc(C(F)(F)F)ccc2N1C(=O)OCCCC(=O)O. The first-order chi connectivity index (χ1) is 24.9. The zero-order valence-electron chi connectivity index (χ0n) is 27.9. The molecule has 1 unspecified atom stereocenters. The fraction of sp³-hybridized carbons (Fsp3) is 0.485. The number of fused-ring (bicyclic) bond motifs is 1. The number of ether oxygens (including phenoxy) is 2. The number of carbonyl (C=O) groups excluding carboxylic acids is 1. The molecule has 0 radical (unpaired) electrons. The molecule has 20 heteroatoms. The lowest BCUT2D eigenvalue weighted by Gasteiger charge is -2.43. The summed E-state index contributed by atoms with van der Waals surface area (Å²) in [6, 6.07) is 0.398. The number of hydrogen-bond acceptors (Lipinski definition) is 9.